The van der Waals surface area contributed by atoms with Crippen LogP contribution in [-0.4, -0.2) is 25.1 Å². The number of carbonyl (C=O) groups excluding carboxylic acids is 1. The van der Waals surface area contributed by atoms with Crippen molar-refractivity contribution in [2.45, 2.75) is 19.9 Å². The molecule has 3 heterocycles. The SMILES string of the molecule is Cc1nc(NC(=O)Cn2nc3ccccn3c2=O)sc1Cc1ccccc1F. The number of thiazole rings is 1. The molecular weight excluding hydrogens is 381 g/mol. The second-order valence-electron chi connectivity index (χ2n) is 6.21. The van der Waals surface area contributed by atoms with Crippen molar-refractivity contribution in [3.63, 3.8) is 0 Å². The van der Waals surface area contributed by atoms with E-state index >= 15 is 0 Å². The fourth-order valence-corrected chi connectivity index (χ4v) is 3.83. The number of aromatic nitrogens is 4. The van der Waals surface area contributed by atoms with E-state index in [2.05, 4.69) is 15.4 Å². The van der Waals surface area contributed by atoms with Crippen molar-refractivity contribution in [1.29, 1.82) is 0 Å². The fourth-order valence-electron chi connectivity index (χ4n) is 2.83. The standard InChI is InChI=1S/C19H16FN5O2S/c1-12-15(10-13-6-2-3-7-14(13)20)28-18(21-12)22-17(26)11-25-19(27)24-9-5-4-8-16(24)23-25/h2-9H,10-11H2,1H3,(H,21,22,26). The number of anilines is 1. The molecule has 0 aliphatic carbocycles. The lowest BCUT2D eigenvalue weighted by Crippen LogP contribution is -2.28. The van der Waals surface area contributed by atoms with Gasteiger partial charge in [-0.3, -0.25) is 9.20 Å². The van der Waals surface area contributed by atoms with Gasteiger partial charge in [0, 0.05) is 17.5 Å². The predicted octanol–water partition coefficient (Wildman–Crippen LogP) is 2.63. The first-order valence-electron chi connectivity index (χ1n) is 8.55. The molecule has 1 amide bonds. The van der Waals surface area contributed by atoms with Crippen molar-refractivity contribution in [1.82, 2.24) is 19.2 Å². The van der Waals surface area contributed by atoms with Crippen LogP contribution in [0.25, 0.3) is 5.65 Å². The lowest BCUT2D eigenvalue weighted by molar-refractivity contribution is -0.117. The van der Waals surface area contributed by atoms with Crippen molar-refractivity contribution in [3.8, 4) is 0 Å². The van der Waals surface area contributed by atoms with Gasteiger partial charge in [0.1, 0.15) is 12.4 Å². The summed E-state index contributed by atoms with van der Waals surface area (Å²) in [6.07, 6.45) is 2.00. The minimum Gasteiger partial charge on any atom is -0.300 e. The van der Waals surface area contributed by atoms with Gasteiger partial charge in [0.25, 0.3) is 0 Å². The number of aryl methyl sites for hydroxylation is 1. The number of pyridine rings is 1. The van der Waals surface area contributed by atoms with E-state index in [1.54, 1.807) is 42.6 Å². The molecule has 0 unspecified atom stereocenters. The van der Waals surface area contributed by atoms with Crippen LogP contribution < -0.4 is 11.0 Å². The summed E-state index contributed by atoms with van der Waals surface area (Å²) in [6.45, 7) is 1.59. The number of halogens is 1. The number of hydrogen-bond acceptors (Lipinski definition) is 5. The Morgan fingerprint density at radius 1 is 1.21 bits per heavy atom. The quantitative estimate of drug-likeness (QED) is 0.561. The summed E-state index contributed by atoms with van der Waals surface area (Å²) in [5.41, 5.74) is 1.38. The first kappa shape index (κ1) is 18.1. The number of rotatable bonds is 5. The van der Waals surface area contributed by atoms with Gasteiger partial charge in [-0.15, -0.1) is 16.4 Å². The largest absolute Gasteiger partial charge is 0.350 e. The predicted molar refractivity (Wildman–Crippen MR) is 104 cm³/mol. The number of benzene rings is 1. The summed E-state index contributed by atoms with van der Waals surface area (Å²) in [5.74, 6) is -0.677. The van der Waals surface area contributed by atoms with Crippen LogP contribution in [0.15, 0.2) is 53.5 Å². The molecule has 7 nitrogen and oxygen atoms in total. The molecule has 0 fully saturated rings. The van der Waals surface area contributed by atoms with E-state index in [4.69, 9.17) is 0 Å². The number of fused-ring (bicyclic) bond motifs is 1. The number of amides is 1. The van der Waals surface area contributed by atoms with Crippen LogP contribution >= 0.6 is 11.3 Å². The average molecular weight is 397 g/mol. The summed E-state index contributed by atoms with van der Waals surface area (Å²) < 4.78 is 16.3. The van der Waals surface area contributed by atoms with Gasteiger partial charge in [0.15, 0.2) is 10.8 Å². The Hall–Kier alpha value is -3.33. The molecule has 28 heavy (non-hydrogen) atoms. The highest BCUT2D eigenvalue weighted by molar-refractivity contribution is 7.15. The summed E-state index contributed by atoms with van der Waals surface area (Å²) in [6, 6.07) is 11.7. The molecule has 4 aromatic rings. The van der Waals surface area contributed by atoms with Crippen LogP contribution in [-0.2, 0) is 17.8 Å². The van der Waals surface area contributed by atoms with Crippen molar-refractivity contribution in [2.24, 2.45) is 0 Å². The van der Waals surface area contributed by atoms with Crippen LogP contribution in [0.5, 0.6) is 0 Å². The number of hydrogen-bond donors (Lipinski definition) is 1. The van der Waals surface area contributed by atoms with E-state index in [1.165, 1.54) is 21.8 Å². The zero-order valence-electron chi connectivity index (χ0n) is 14.9. The smallest absolute Gasteiger partial charge is 0.300 e. The minimum absolute atomic E-state index is 0.220. The molecule has 0 aliphatic rings. The van der Waals surface area contributed by atoms with Crippen LogP contribution in [0, 0.1) is 12.7 Å². The highest BCUT2D eigenvalue weighted by Crippen LogP contribution is 2.26. The van der Waals surface area contributed by atoms with Gasteiger partial charge in [-0.2, -0.15) is 0 Å². The van der Waals surface area contributed by atoms with Gasteiger partial charge in [0.2, 0.25) is 5.91 Å². The third-order valence-corrected chi connectivity index (χ3v) is 5.30. The van der Waals surface area contributed by atoms with Crippen molar-refractivity contribution >= 4 is 28.0 Å². The Morgan fingerprint density at radius 2 is 2.00 bits per heavy atom. The Bertz CT molecular complexity index is 1230. The van der Waals surface area contributed by atoms with Gasteiger partial charge >= 0.3 is 5.69 Å². The monoisotopic (exact) mass is 397 g/mol. The third kappa shape index (κ3) is 3.56. The number of carbonyl (C=O) groups is 1. The number of nitrogens with one attached hydrogen (secondary N) is 1. The van der Waals surface area contributed by atoms with Crippen LogP contribution in [0.1, 0.15) is 16.1 Å². The summed E-state index contributed by atoms with van der Waals surface area (Å²) in [4.78, 5) is 29.8. The summed E-state index contributed by atoms with van der Waals surface area (Å²) in [5, 5.41) is 7.23. The Morgan fingerprint density at radius 3 is 2.79 bits per heavy atom. The number of nitrogens with zero attached hydrogens (tertiary/aromatic N) is 4. The molecule has 4 rings (SSSR count). The summed E-state index contributed by atoms with van der Waals surface area (Å²) >= 11 is 1.29. The molecule has 0 spiro atoms. The first-order valence-corrected chi connectivity index (χ1v) is 9.36. The molecule has 0 aliphatic heterocycles. The van der Waals surface area contributed by atoms with Crippen molar-refractivity contribution in [3.05, 3.63) is 81.1 Å². The Kier molecular flexibility index (Phi) is 4.74. The lowest BCUT2D eigenvalue weighted by Gasteiger charge is -2.01. The van der Waals surface area contributed by atoms with E-state index in [0.29, 0.717) is 22.8 Å². The molecule has 0 atom stereocenters. The second-order valence-corrected chi connectivity index (χ2v) is 7.30. The highest BCUT2D eigenvalue weighted by atomic mass is 32.1. The van der Waals surface area contributed by atoms with Crippen LogP contribution in [0.3, 0.4) is 0 Å². The first-order chi connectivity index (χ1) is 13.5. The second kappa shape index (κ2) is 7.35. The van der Waals surface area contributed by atoms with E-state index in [0.717, 1.165) is 15.3 Å². The van der Waals surface area contributed by atoms with Crippen LogP contribution in [0.2, 0.25) is 0 Å². The minimum atomic E-state index is -0.406. The molecule has 0 bridgehead atoms. The van der Waals surface area contributed by atoms with Gasteiger partial charge < -0.3 is 5.32 Å². The van der Waals surface area contributed by atoms with Gasteiger partial charge in [0.05, 0.1) is 5.69 Å². The van der Waals surface area contributed by atoms with Gasteiger partial charge in [-0.25, -0.2) is 18.9 Å². The Labute approximate surface area is 163 Å². The van der Waals surface area contributed by atoms with Crippen LogP contribution in [0.4, 0.5) is 9.52 Å². The molecule has 142 valence electrons. The van der Waals surface area contributed by atoms with Gasteiger partial charge in [-0.1, -0.05) is 24.3 Å². The van der Waals surface area contributed by atoms with Crippen molar-refractivity contribution < 1.29 is 9.18 Å². The molecule has 0 saturated carbocycles. The fraction of sp³-hybridized carbons (Fsp3) is 0.158. The maximum absolute atomic E-state index is 13.9. The van der Waals surface area contributed by atoms with E-state index in [9.17, 15) is 14.0 Å². The normalized spacial score (nSPS) is 11.1. The zero-order valence-corrected chi connectivity index (χ0v) is 15.7. The maximum Gasteiger partial charge on any atom is 0.350 e. The molecular formula is C19H16FN5O2S. The molecule has 0 radical (unpaired) electrons. The van der Waals surface area contributed by atoms with Crippen molar-refractivity contribution in [2.75, 3.05) is 5.32 Å². The Balaban J connectivity index is 1.48. The topological polar surface area (TPSA) is 81.3 Å². The molecule has 3 aromatic heterocycles. The third-order valence-electron chi connectivity index (χ3n) is 4.23. The molecule has 9 heteroatoms. The zero-order chi connectivity index (χ0) is 19.7. The highest BCUT2D eigenvalue weighted by Gasteiger charge is 2.15. The molecule has 1 aromatic carbocycles. The molecule has 1 N–H and O–H groups in total. The maximum atomic E-state index is 13.9. The lowest BCUT2D eigenvalue weighted by atomic mass is 10.1. The van der Waals surface area contributed by atoms with E-state index in [-0.39, 0.29) is 18.1 Å². The average Bonchev–Trinajstić information content (AvgIpc) is 3.17. The van der Waals surface area contributed by atoms with Gasteiger partial charge in [-0.05, 0) is 30.7 Å². The van der Waals surface area contributed by atoms with E-state index < -0.39 is 5.91 Å². The van der Waals surface area contributed by atoms with E-state index in [1.807, 2.05) is 6.92 Å². The summed E-state index contributed by atoms with van der Waals surface area (Å²) in [7, 11) is 0. The molecule has 0 saturated heterocycles.